The molecule has 0 aliphatic heterocycles. The lowest BCUT2D eigenvalue weighted by molar-refractivity contribution is 0.0958. The highest BCUT2D eigenvalue weighted by Gasteiger charge is 2.31. The van der Waals surface area contributed by atoms with E-state index in [1.165, 1.54) is 0 Å². The minimum absolute atomic E-state index is 0.00458. The number of hydrogen-bond acceptors (Lipinski definition) is 2. The van der Waals surface area contributed by atoms with Gasteiger partial charge in [-0.3, -0.25) is 9.78 Å². The van der Waals surface area contributed by atoms with Crippen LogP contribution in [0.2, 0.25) is 10.0 Å². The summed E-state index contributed by atoms with van der Waals surface area (Å²) < 4.78 is 0. The van der Waals surface area contributed by atoms with Crippen molar-refractivity contribution in [1.29, 1.82) is 0 Å². The van der Waals surface area contributed by atoms with E-state index in [4.69, 9.17) is 23.2 Å². The summed E-state index contributed by atoms with van der Waals surface area (Å²) in [6.07, 6.45) is 3.40. The minimum Gasteiger partial charge on any atom is -0.293 e. The Hall–Kier alpha value is -1.38. The van der Waals surface area contributed by atoms with E-state index in [1.807, 2.05) is 12.1 Å². The van der Waals surface area contributed by atoms with Gasteiger partial charge in [-0.15, -0.1) is 0 Å². The molecule has 0 saturated carbocycles. The number of aryl methyl sites for hydroxylation is 1. The number of ketones is 1. The number of carbonyl (C=O) groups excluding carboxylic acids is 1. The zero-order valence-corrected chi connectivity index (χ0v) is 11.6. The molecule has 19 heavy (non-hydrogen) atoms. The van der Waals surface area contributed by atoms with Crippen molar-refractivity contribution >= 4 is 29.0 Å². The molecule has 4 heteroatoms. The molecule has 0 fully saturated rings. The third kappa shape index (κ3) is 2.26. The van der Waals surface area contributed by atoms with E-state index in [1.54, 1.807) is 24.4 Å². The van der Waals surface area contributed by atoms with E-state index >= 15 is 0 Å². The molecular formula is C15H11Cl2NO. The maximum Gasteiger partial charge on any atom is 0.173 e. The molecule has 1 aromatic carbocycles. The maximum absolute atomic E-state index is 12.6. The Balaban J connectivity index is 2.00. The Morgan fingerprint density at radius 1 is 1.26 bits per heavy atom. The lowest BCUT2D eigenvalue weighted by Crippen LogP contribution is -2.12. The van der Waals surface area contributed by atoms with Gasteiger partial charge in [0.2, 0.25) is 0 Å². The smallest absolute Gasteiger partial charge is 0.173 e. The van der Waals surface area contributed by atoms with Gasteiger partial charge in [0.05, 0.1) is 16.6 Å². The number of pyridine rings is 1. The summed E-state index contributed by atoms with van der Waals surface area (Å²) in [7, 11) is 0. The van der Waals surface area contributed by atoms with Crippen LogP contribution in [0.1, 0.15) is 34.0 Å². The van der Waals surface area contributed by atoms with Crippen LogP contribution >= 0.6 is 23.2 Å². The molecule has 0 saturated heterocycles. The van der Waals surface area contributed by atoms with Crippen LogP contribution in [0.25, 0.3) is 0 Å². The van der Waals surface area contributed by atoms with Crippen LogP contribution < -0.4 is 0 Å². The normalized spacial score (nSPS) is 17.3. The van der Waals surface area contributed by atoms with Gasteiger partial charge in [-0.2, -0.15) is 0 Å². The van der Waals surface area contributed by atoms with Crippen molar-refractivity contribution in [3.63, 3.8) is 0 Å². The molecule has 0 radical (unpaired) electrons. The fourth-order valence-corrected chi connectivity index (χ4v) is 2.92. The first-order valence-electron chi connectivity index (χ1n) is 6.10. The van der Waals surface area contributed by atoms with Gasteiger partial charge in [0.1, 0.15) is 0 Å². The molecule has 2 aromatic rings. The van der Waals surface area contributed by atoms with Crippen molar-refractivity contribution in [2.75, 3.05) is 0 Å². The van der Waals surface area contributed by atoms with Crippen molar-refractivity contribution < 1.29 is 4.79 Å². The van der Waals surface area contributed by atoms with E-state index < -0.39 is 0 Å². The van der Waals surface area contributed by atoms with Gasteiger partial charge in [-0.1, -0.05) is 29.3 Å². The molecule has 0 amide bonds. The number of fused-ring (bicyclic) bond motifs is 1. The molecular weight excluding hydrogens is 281 g/mol. The van der Waals surface area contributed by atoms with Crippen LogP contribution in [0.3, 0.4) is 0 Å². The van der Waals surface area contributed by atoms with Gasteiger partial charge in [0.25, 0.3) is 0 Å². The first-order valence-corrected chi connectivity index (χ1v) is 6.85. The standard InChI is InChI=1S/C15H11Cl2NO/c16-10-4-6-13(17)12(8-10)15(19)11-5-3-9-2-1-7-18-14(9)11/h1-2,4,6-8,11H,3,5H2. The lowest BCUT2D eigenvalue weighted by atomic mass is 9.95. The number of halogens is 2. The Labute approximate surface area is 121 Å². The number of rotatable bonds is 2. The Morgan fingerprint density at radius 3 is 2.95 bits per heavy atom. The third-order valence-corrected chi connectivity index (χ3v) is 4.03. The van der Waals surface area contributed by atoms with Crippen LogP contribution in [0, 0.1) is 0 Å². The summed E-state index contributed by atoms with van der Waals surface area (Å²) >= 11 is 12.0. The van der Waals surface area contributed by atoms with E-state index in [9.17, 15) is 4.79 Å². The summed E-state index contributed by atoms with van der Waals surface area (Å²) in [6, 6.07) is 8.90. The van der Waals surface area contributed by atoms with E-state index in [-0.39, 0.29) is 11.7 Å². The zero-order valence-electron chi connectivity index (χ0n) is 10.1. The first-order chi connectivity index (χ1) is 9.16. The van der Waals surface area contributed by atoms with Crippen LogP contribution in [0.5, 0.6) is 0 Å². The average Bonchev–Trinajstić information content (AvgIpc) is 2.84. The van der Waals surface area contributed by atoms with Crippen LogP contribution in [0.4, 0.5) is 0 Å². The molecule has 1 atom stereocenters. The highest BCUT2D eigenvalue weighted by Crippen LogP contribution is 2.35. The molecule has 3 rings (SSSR count). The highest BCUT2D eigenvalue weighted by atomic mass is 35.5. The van der Waals surface area contributed by atoms with Gasteiger partial charge >= 0.3 is 0 Å². The van der Waals surface area contributed by atoms with Gasteiger partial charge in [0, 0.05) is 16.8 Å². The van der Waals surface area contributed by atoms with Gasteiger partial charge < -0.3 is 0 Å². The molecule has 1 aliphatic rings. The molecule has 0 bridgehead atoms. The van der Waals surface area contributed by atoms with Crippen molar-refractivity contribution in [3.8, 4) is 0 Å². The number of nitrogens with zero attached hydrogens (tertiary/aromatic N) is 1. The van der Waals surface area contributed by atoms with Gasteiger partial charge in [0.15, 0.2) is 5.78 Å². The Morgan fingerprint density at radius 2 is 2.11 bits per heavy atom. The maximum atomic E-state index is 12.6. The number of Topliss-reactive ketones (excluding diaryl/α,β-unsaturated/α-hetero) is 1. The van der Waals surface area contributed by atoms with Crippen molar-refractivity contribution in [2.45, 2.75) is 18.8 Å². The third-order valence-electron chi connectivity index (χ3n) is 3.47. The van der Waals surface area contributed by atoms with Crippen LogP contribution in [0.15, 0.2) is 36.5 Å². The monoisotopic (exact) mass is 291 g/mol. The van der Waals surface area contributed by atoms with Crippen molar-refractivity contribution in [1.82, 2.24) is 4.98 Å². The van der Waals surface area contributed by atoms with Gasteiger partial charge in [-0.25, -0.2) is 0 Å². The molecule has 96 valence electrons. The fourth-order valence-electron chi connectivity index (χ4n) is 2.54. The second-order valence-corrected chi connectivity index (χ2v) is 5.47. The molecule has 2 nitrogen and oxygen atoms in total. The summed E-state index contributed by atoms with van der Waals surface area (Å²) in [5.41, 5.74) is 2.51. The van der Waals surface area contributed by atoms with Gasteiger partial charge in [-0.05, 0) is 42.7 Å². The molecule has 1 aliphatic carbocycles. The SMILES string of the molecule is O=C(c1cc(Cl)ccc1Cl)C1CCc2cccnc21. The van der Waals surface area contributed by atoms with Crippen LogP contribution in [-0.2, 0) is 6.42 Å². The largest absolute Gasteiger partial charge is 0.293 e. The zero-order chi connectivity index (χ0) is 13.4. The molecule has 1 unspecified atom stereocenters. The van der Waals surface area contributed by atoms with Crippen LogP contribution in [-0.4, -0.2) is 10.8 Å². The first kappa shape index (κ1) is 12.6. The predicted octanol–water partition coefficient (Wildman–Crippen LogP) is 4.30. The summed E-state index contributed by atoms with van der Waals surface area (Å²) in [6.45, 7) is 0. The summed E-state index contributed by atoms with van der Waals surface area (Å²) in [5, 5.41) is 0.964. The summed E-state index contributed by atoms with van der Waals surface area (Å²) in [4.78, 5) is 16.9. The quantitative estimate of drug-likeness (QED) is 0.772. The number of hydrogen-bond donors (Lipinski definition) is 0. The van der Waals surface area contributed by atoms with Crippen molar-refractivity contribution in [2.24, 2.45) is 0 Å². The highest BCUT2D eigenvalue weighted by molar-refractivity contribution is 6.36. The topological polar surface area (TPSA) is 30.0 Å². The molecule has 0 N–H and O–H groups in total. The number of carbonyl (C=O) groups is 1. The second kappa shape index (κ2) is 4.95. The molecule has 1 aromatic heterocycles. The molecule has 0 spiro atoms. The van der Waals surface area contributed by atoms with E-state index in [0.29, 0.717) is 15.6 Å². The summed E-state index contributed by atoms with van der Waals surface area (Å²) in [5.74, 6) is -0.197. The van der Waals surface area contributed by atoms with E-state index in [0.717, 1.165) is 24.1 Å². The predicted molar refractivity (Wildman–Crippen MR) is 76.1 cm³/mol. The fraction of sp³-hybridized carbons (Fsp3) is 0.200. The number of benzene rings is 1. The second-order valence-electron chi connectivity index (χ2n) is 4.63. The Bertz CT molecular complexity index is 654. The average molecular weight is 292 g/mol. The minimum atomic E-state index is -0.202. The lowest BCUT2D eigenvalue weighted by Gasteiger charge is -2.11. The number of aromatic nitrogens is 1. The molecule has 1 heterocycles. The van der Waals surface area contributed by atoms with E-state index in [2.05, 4.69) is 4.98 Å². The Kier molecular flexibility index (Phi) is 3.29. The van der Waals surface area contributed by atoms with Crippen molar-refractivity contribution in [3.05, 3.63) is 63.4 Å².